The number of ketones is 1. The lowest BCUT2D eigenvalue weighted by Gasteiger charge is -2.39. The Morgan fingerprint density at radius 3 is 1.80 bits per heavy atom. The minimum atomic E-state index is -4.52. The van der Waals surface area contributed by atoms with Gasteiger partial charge >= 0.3 is 24.0 Å². The van der Waals surface area contributed by atoms with Crippen molar-refractivity contribution in [3.05, 3.63) is 86.3 Å². The van der Waals surface area contributed by atoms with Crippen LogP contribution < -0.4 is 19.4 Å². The summed E-state index contributed by atoms with van der Waals surface area (Å²) in [5, 5.41) is 9.85. The summed E-state index contributed by atoms with van der Waals surface area (Å²) in [6, 6.07) is 9.68. The summed E-state index contributed by atoms with van der Waals surface area (Å²) in [5.41, 5.74) is -0.562. The fourth-order valence-electron chi connectivity index (χ4n) is 7.42. The van der Waals surface area contributed by atoms with Gasteiger partial charge in [0, 0.05) is 53.3 Å². The molecule has 0 saturated heterocycles. The van der Waals surface area contributed by atoms with E-state index in [1.54, 1.807) is 12.1 Å². The van der Waals surface area contributed by atoms with Crippen LogP contribution in [0.2, 0.25) is 0 Å². The summed E-state index contributed by atoms with van der Waals surface area (Å²) in [6.07, 6.45) is -7.53. The number of rotatable bonds is 3. The zero-order valence-corrected chi connectivity index (χ0v) is 23.9. The van der Waals surface area contributed by atoms with Gasteiger partial charge in [-0.05, 0) is 72.7 Å². The van der Waals surface area contributed by atoms with Crippen molar-refractivity contribution < 1.29 is 45.8 Å². The third-order valence-electron chi connectivity index (χ3n) is 9.14. The van der Waals surface area contributed by atoms with E-state index in [1.807, 2.05) is 0 Å². The molecule has 8 nitrogen and oxygen atoms in total. The highest BCUT2D eigenvalue weighted by atomic mass is 19.4. The largest absolute Gasteiger partial charge is 0.478 e. The van der Waals surface area contributed by atoms with E-state index in [1.165, 1.54) is 30.3 Å². The highest BCUT2D eigenvalue weighted by molar-refractivity contribution is 6.53. The molecule has 14 heteroatoms. The first-order chi connectivity index (χ1) is 21.7. The molecule has 1 spiro atoms. The molecular formula is C32H24F6N3O5+. The van der Waals surface area contributed by atoms with Crippen LogP contribution in [0.3, 0.4) is 0 Å². The first-order valence-corrected chi connectivity index (χ1v) is 14.5. The van der Waals surface area contributed by atoms with Gasteiger partial charge in [0.1, 0.15) is 24.6 Å². The molecule has 0 amide bonds. The third kappa shape index (κ3) is 4.53. The lowest BCUT2D eigenvalue weighted by molar-refractivity contribution is -0.120. The molecule has 0 unspecified atom stereocenters. The fraction of sp³-hybridized carbons (Fsp3) is 0.344. The van der Waals surface area contributed by atoms with Crippen LogP contribution in [0.25, 0.3) is 0 Å². The standard InChI is InChI=1S/C32H23F6N3O5/c33-30(34,35)14-40-7-1-3-16-9-21-25(12-23(16)40)46-26-13-24-17(4-2-8-41(24)15-31(36,37)38)10-22(26)32(21)20-11-18(29(43)44)5-6-19(20)27(42)28(32)39-45/h5-6,9-13H,1-4,7-8,14-15H2/p+1. The van der Waals surface area contributed by atoms with Crippen LogP contribution in [-0.2, 0) is 18.3 Å². The maximum atomic E-state index is 13.8. The van der Waals surface area contributed by atoms with E-state index >= 15 is 0 Å². The third-order valence-corrected chi connectivity index (χ3v) is 9.14. The molecule has 3 heterocycles. The zero-order valence-electron chi connectivity index (χ0n) is 23.9. The van der Waals surface area contributed by atoms with E-state index in [-0.39, 0.29) is 63.8 Å². The number of hydrogen-bond donors (Lipinski definition) is 1. The number of Topliss-reactive ketones (excluding diaryl/α,β-unsaturated/α-hetero) is 1. The Bertz CT molecular complexity index is 1810. The molecule has 238 valence electrons. The molecule has 0 atom stereocenters. The van der Waals surface area contributed by atoms with E-state index in [4.69, 9.17) is 4.74 Å². The van der Waals surface area contributed by atoms with Gasteiger partial charge in [-0.3, -0.25) is 4.79 Å². The van der Waals surface area contributed by atoms with Crippen LogP contribution in [0.4, 0.5) is 37.7 Å². The fourth-order valence-corrected chi connectivity index (χ4v) is 7.42. The van der Waals surface area contributed by atoms with Gasteiger partial charge in [0.15, 0.2) is 10.3 Å². The number of aryl methyl sites for hydroxylation is 2. The minimum Gasteiger partial charge on any atom is -0.478 e. The van der Waals surface area contributed by atoms with Gasteiger partial charge in [0.2, 0.25) is 4.85 Å². The van der Waals surface area contributed by atoms with Crippen molar-refractivity contribution in [2.45, 2.75) is 43.5 Å². The van der Waals surface area contributed by atoms with Crippen molar-refractivity contribution in [2.75, 3.05) is 36.0 Å². The van der Waals surface area contributed by atoms with Gasteiger partial charge < -0.3 is 19.6 Å². The molecule has 0 radical (unpaired) electrons. The number of carbonyl (C=O) groups is 2. The van der Waals surface area contributed by atoms with Crippen molar-refractivity contribution in [2.24, 2.45) is 0 Å². The highest BCUT2D eigenvalue weighted by Gasteiger charge is 2.65. The van der Waals surface area contributed by atoms with Gasteiger partial charge in [0.25, 0.3) is 5.78 Å². The van der Waals surface area contributed by atoms with E-state index in [2.05, 4.69) is 4.85 Å². The number of ether oxygens (including phenoxy) is 1. The SMILES string of the molecule is O=[N+]=C1C(=O)c2ccc(C(=O)O)cc2C12c1cc3c(cc1Oc1cc4c(cc12)CCCN4CC(F)(F)F)N(CC(F)(F)F)CCC3. The Balaban J connectivity index is 1.54. The smallest absolute Gasteiger partial charge is 0.439 e. The number of carboxylic acids is 1. The zero-order chi connectivity index (χ0) is 32.8. The Hall–Kier alpha value is -4.84. The first kappa shape index (κ1) is 29.8. The molecule has 46 heavy (non-hydrogen) atoms. The molecule has 1 aliphatic carbocycles. The second-order valence-electron chi connectivity index (χ2n) is 11.9. The Kier molecular flexibility index (Phi) is 6.54. The Labute approximate surface area is 256 Å². The van der Waals surface area contributed by atoms with Crippen LogP contribution in [0.1, 0.15) is 61.4 Å². The number of carbonyl (C=O) groups excluding carboxylic acids is 1. The van der Waals surface area contributed by atoms with Crippen LogP contribution in [0.15, 0.2) is 42.5 Å². The van der Waals surface area contributed by atoms with Crippen molar-refractivity contribution in [1.29, 1.82) is 0 Å². The van der Waals surface area contributed by atoms with Gasteiger partial charge in [-0.15, -0.1) is 0 Å². The molecule has 3 aliphatic heterocycles. The lowest BCUT2D eigenvalue weighted by atomic mass is 9.66. The monoisotopic (exact) mass is 644 g/mol. The van der Waals surface area contributed by atoms with Crippen LogP contribution in [0, 0.1) is 4.91 Å². The van der Waals surface area contributed by atoms with E-state index in [0.717, 1.165) is 9.80 Å². The number of aromatic carboxylic acids is 1. The maximum absolute atomic E-state index is 13.8. The first-order valence-electron chi connectivity index (χ1n) is 14.5. The number of alkyl halides is 6. The van der Waals surface area contributed by atoms with Gasteiger partial charge in [0.05, 0.1) is 5.56 Å². The summed E-state index contributed by atoms with van der Waals surface area (Å²) in [6.45, 7) is -2.28. The summed E-state index contributed by atoms with van der Waals surface area (Å²) in [5.74, 6) is -2.14. The summed E-state index contributed by atoms with van der Waals surface area (Å²) in [4.78, 5) is 44.0. The lowest BCUT2D eigenvalue weighted by Crippen LogP contribution is -2.42. The second kappa shape index (κ2) is 10.1. The minimum absolute atomic E-state index is 0.00578. The second-order valence-corrected chi connectivity index (χ2v) is 11.9. The molecule has 0 fully saturated rings. The normalized spacial score (nSPS) is 17.9. The van der Waals surface area contributed by atoms with Crippen molar-refractivity contribution >= 4 is 28.8 Å². The van der Waals surface area contributed by atoms with Crippen LogP contribution in [0.5, 0.6) is 11.5 Å². The Morgan fingerprint density at radius 2 is 1.35 bits per heavy atom. The van der Waals surface area contributed by atoms with Gasteiger partial charge in [-0.1, -0.05) is 0 Å². The number of fused-ring (bicyclic) bond motifs is 8. The van der Waals surface area contributed by atoms with E-state index < -0.39 is 48.3 Å². The summed E-state index contributed by atoms with van der Waals surface area (Å²) in [7, 11) is 0. The topological polar surface area (TPSA) is 101 Å². The molecule has 0 aromatic heterocycles. The van der Waals surface area contributed by atoms with Crippen molar-refractivity contribution in [3.8, 4) is 11.5 Å². The Morgan fingerprint density at radius 1 is 0.826 bits per heavy atom. The number of anilines is 2. The molecular weight excluding hydrogens is 620 g/mol. The molecule has 0 bridgehead atoms. The van der Waals surface area contributed by atoms with E-state index in [0.29, 0.717) is 36.8 Å². The van der Waals surface area contributed by atoms with E-state index in [9.17, 15) is 45.9 Å². The number of nitrogens with zero attached hydrogens (tertiary/aromatic N) is 3. The average Bonchev–Trinajstić information content (AvgIpc) is 3.22. The van der Waals surface area contributed by atoms with Gasteiger partial charge in [-0.25, -0.2) is 4.79 Å². The number of carboxylic acid groups (broad SMARTS) is 1. The highest BCUT2D eigenvalue weighted by Crippen LogP contribution is 2.58. The predicted octanol–water partition coefficient (Wildman–Crippen LogP) is 5.93. The summed E-state index contributed by atoms with van der Waals surface area (Å²) < 4.78 is 87.5. The number of benzene rings is 3. The van der Waals surface area contributed by atoms with Crippen molar-refractivity contribution in [1.82, 2.24) is 4.85 Å². The molecule has 4 aliphatic rings. The maximum Gasteiger partial charge on any atom is 0.439 e. The molecule has 3 aromatic carbocycles. The quantitative estimate of drug-likeness (QED) is 0.279. The number of nitroso groups, excluding NO2 is 1. The van der Waals surface area contributed by atoms with Crippen molar-refractivity contribution in [3.63, 3.8) is 0 Å². The van der Waals surface area contributed by atoms with Crippen LogP contribution in [-0.4, -0.2) is 61.1 Å². The predicted molar refractivity (Wildman–Crippen MR) is 154 cm³/mol. The molecule has 7 rings (SSSR count). The molecule has 3 aromatic rings. The molecule has 0 saturated carbocycles. The molecule has 1 N–H and O–H groups in total. The number of halogens is 6. The summed E-state index contributed by atoms with van der Waals surface area (Å²) >= 11 is 0. The number of hydrogen-bond acceptors (Lipinski definition) is 6. The van der Waals surface area contributed by atoms with Gasteiger partial charge in [-0.2, -0.15) is 26.3 Å². The average molecular weight is 645 g/mol. The van der Waals surface area contributed by atoms with Crippen LogP contribution >= 0.6 is 0 Å².